The highest BCUT2D eigenvalue weighted by molar-refractivity contribution is 5.91. The summed E-state index contributed by atoms with van der Waals surface area (Å²) in [7, 11) is 1.61. The molecule has 196 valence electrons. The minimum Gasteiger partial charge on any atom is -0.496 e. The van der Waals surface area contributed by atoms with E-state index in [1.54, 1.807) is 21.0 Å². The van der Waals surface area contributed by atoms with Crippen molar-refractivity contribution < 1.29 is 28.3 Å². The van der Waals surface area contributed by atoms with Gasteiger partial charge in [0.1, 0.15) is 17.1 Å². The summed E-state index contributed by atoms with van der Waals surface area (Å²) in [4.78, 5) is 24.2. The Bertz CT molecular complexity index is 1380. The molecule has 0 saturated heterocycles. The van der Waals surface area contributed by atoms with Crippen molar-refractivity contribution in [2.45, 2.75) is 26.7 Å². The zero-order valence-electron chi connectivity index (χ0n) is 21.7. The van der Waals surface area contributed by atoms with Gasteiger partial charge in [0.2, 0.25) is 0 Å². The third-order valence-corrected chi connectivity index (χ3v) is 5.98. The van der Waals surface area contributed by atoms with Crippen LogP contribution in [-0.4, -0.2) is 37.5 Å². The molecule has 4 rings (SSSR count). The first-order chi connectivity index (χ1) is 18.5. The molecule has 1 heterocycles. The van der Waals surface area contributed by atoms with E-state index in [-0.39, 0.29) is 19.0 Å². The average Bonchev–Trinajstić information content (AvgIpc) is 3.29. The van der Waals surface area contributed by atoms with Gasteiger partial charge in [-0.3, -0.25) is 10.1 Å². The van der Waals surface area contributed by atoms with E-state index in [9.17, 15) is 9.59 Å². The third-order valence-electron chi connectivity index (χ3n) is 5.98. The maximum atomic E-state index is 12.5. The van der Waals surface area contributed by atoms with Crippen molar-refractivity contribution in [2.75, 3.05) is 25.6 Å². The van der Waals surface area contributed by atoms with E-state index >= 15 is 0 Å². The lowest BCUT2D eigenvalue weighted by molar-refractivity contribution is -0.142. The number of nitrogens with zero attached hydrogens (tertiary/aromatic N) is 1. The van der Waals surface area contributed by atoms with Gasteiger partial charge in [-0.2, -0.15) is 0 Å². The second-order valence-electron chi connectivity index (χ2n) is 8.55. The first-order valence-corrected chi connectivity index (χ1v) is 12.4. The Balaban J connectivity index is 1.39. The van der Waals surface area contributed by atoms with Crippen molar-refractivity contribution in [1.82, 2.24) is 5.16 Å². The van der Waals surface area contributed by atoms with Gasteiger partial charge in [0.05, 0.1) is 26.7 Å². The molecule has 8 nitrogen and oxygen atoms in total. The molecule has 0 aliphatic heterocycles. The Labute approximate surface area is 221 Å². The summed E-state index contributed by atoms with van der Waals surface area (Å²) >= 11 is 0. The summed E-state index contributed by atoms with van der Waals surface area (Å²) in [6, 6.07) is 23.1. The maximum Gasteiger partial charge on any atom is 0.411 e. The highest BCUT2D eigenvalue weighted by Gasteiger charge is 2.18. The van der Waals surface area contributed by atoms with E-state index in [2.05, 4.69) is 10.5 Å². The van der Waals surface area contributed by atoms with Gasteiger partial charge < -0.3 is 18.7 Å². The Morgan fingerprint density at radius 1 is 0.895 bits per heavy atom. The SMILES string of the molecule is CCOC(=O)Cc1ccc(-c2ccc(-c3onc(C)c3NC(=O)OCCc3ccccc3OC)cc2)cc1. The number of benzene rings is 3. The van der Waals surface area contributed by atoms with Crippen LogP contribution >= 0.6 is 0 Å². The first-order valence-electron chi connectivity index (χ1n) is 12.4. The van der Waals surface area contributed by atoms with Crippen LogP contribution in [0.5, 0.6) is 5.75 Å². The van der Waals surface area contributed by atoms with Crippen LogP contribution in [0.25, 0.3) is 22.5 Å². The highest BCUT2D eigenvalue weighted by Crippen LogP contribution is 2.32. The van der Waals surface area contributed by atoms with Crippen molar-refractivity contribution in [2.24, 2.45) is 0 Å². The number of nitrogens with one attached hydrogen (secondary N) is 1. The van der Waals surface area contributed by atoms with E-state index in [0.29, 0.717) is 30.2 Å². The molecule has 0 atom stereocenters. The lowest BCUT2D eigenvalue weighted by Crippen LogP contribution is -2.16. The van der Waals surface area contributed by atoms with Crippen LogP contribution in [0.2, 0.25) is 0 Å². The number of hydrogen-bond acceptors (Lipinski definition) is 7. The van der Waals surface area contributed by atoms with Crippen molar-refractivity contribution in [3.05, 3.63) is 89.6 Å². The number of rotatable bonds is 10. The van der Waals surface area contributed by atoms with Gasteiger partial charge in [-0.15, -0.1) is 0 Å². The van der Waals surface area contributed by atoms with Crippen LogP contribution in [0.1, 0.15) is 23.7 Å². The summed E-state index contributed by atoms with van der Waals surface area (Å²) in [5, 5.41) is 6.79. The van der Waals surface area contributed by atoms with Gasteiger partial charge in [0.15, 0.2) is 5.76 Å². The molecular formula is C30H30N2O6. The van der Waals surface area contributed by atoms with Gasteiger partial charge >= 0.3 is 12.1 Å². The standard InChI is InChI=1S/C30H30N2O6/c1-4-36-27(33)19-21-9-11-22(12-10-21)23-13-15-25(16-14-23)29-28(20(2)32-38-29)31-30(34)37-18-17-24-7-5-6-8-26(24)35-3/h5-16H,4,17-19H2,1-3H3,(H,31,34). The Kier molecular flexibility index (Phi) is 8.77. The second-order valence-corrected chi connectivity index (χ2v) is 8.55. The number of carbonyl (C=O) groups is 2. The number of aromatic nitrogens is 1. The van der Waals surface area contributed by atoms with Crippen molar-refractivity contribution in [3.63, 3.8) is 0 Å². The smallest absolute Gasteiger partial charge is 0.411 e. The fourth-order valence-corrected chi connectivity index (χ4v) is 4.02. The number of carbonyl (C=O) groups excluding carboxylic acids is 2. The summed E-state index contributed by atoms with van der Waals surface area (Å²) in [5.74, 6) is 0.960. The summed E-state index contributed by atoms with van der Waals surface area (Å²) in [5.41, 5.74) is 5.63. The van der Waals surface area contributed by atoms with Crippen LogP contribution in [0.3, 0.4) is 0 Å². The van der Waals surface area contributed by atoms with E-state index in [0.717, 1.165) is 33.6 Å². The van der Waals surface area contributed by atoms with Gasteiger partial charge in [0.25, 0.3) is 0 Å². The van der Waals surface area contributed by atoms with Crippen molar-refractivity contribution in [3.8, 4) is 28.2 Å². The number of aryl methyl sites for hydroxylation is 1. The van der Waals surface area contributed by atoms with Gasteiger partial charge in [-0.25, -0.2) is 4.79 Å². The lowest BCUT2D eigenvalue weighted by Gasteiger charge is -2.10. The summed E-state index contributed by atoms with van der Waals surface area (Å²) < 4.78 is 21.3. The molecule has 0 spiro atoms. The molecule has 38 heavy (non-hydrogen) atoms. The predicted molar refractivity (Wildman–Crippen MR) is 144 cm³/mol. The fourth-order valence-electron chi connectivity index (χ4n) is 4.02. The fraction of sp³-hybridized carbons (Fsp3) is 0.233. The van der Waals surface area contributed by atoms with Gasteiger partial charge in [-0.05, 0) is 42.2 Å². The number of ether oxygens (including phenoxy) is 3. The van der Waals surface area contributed by atoms with Crippen molar-refractivity contribution >= 4 is 17.7 Å². The third kappa shape index (κ3) is 6.59. The van der Waals surface area contributed by atoms with Crippen molar-refractivity contribution in [1.29, 1.82) is 0 Å². The largest absolute Gasteiger partial charge is 0.496 e. The number of hydrogen-bond donors (Lipinski definition) is 1. The maximum absolute atomic E-state index is 12.5. The molecular weight excluding hydrogens is 484 g/mol. The minimum atomic E-state index is -0.591. The molecule has 1 amide bonds. The normalized spacial score (nSPS) is 10.6. The molecule has 1 aromatic heterocycles. The van der Waals surface area contributed by atoms with Gasteiger partial charge in [-0.1, -0.05) is 71.9 Å². The zero-order chi connectivity index (χ0) is 26.9. The molecule has 0 fully saturated rings. The Morgan fingerprint density at radius 2 is 1.55 bits per heavy atom. The van der Waals surface area contributed by atoms with E-state index < -0.39 is 6.09 Å². The molecule has 0 aliphatic rings. The molecule has 0 unspecified atom stereocenters. The van der Waals surface area contributed by atoms with E-state index in [1.807, 2.05) is 72.8 Å². The van der Waals surface area contributed by atoms with E-state index in [1.165, 1.54) is 0 Å². The molecule has 8 heteroatoms. The average molecular weight is 515 g/mol. The molecule has 0 radical (unpaired) electrons. The van der Waals surface area contributed by atoms with Crippen LogP contribution < -0.4 is 10.1 Å². The summed E-state index contributed by atoms with van der Waals surface area (Å²) in [6.07, 6.45) is 0.182. The van der Waals surface area contributed by atoms with Crippen LogP contribution in [0.15, 0.2) is 77.3 Å². The number of anilines is 1. The number of methoxy groups -OCH3 is 1. The molecule has 4 aromatic rings. The Morgan fingerprint density at radius 3 is 2.24 bits per heavy atom. The number of esters is 1. The number of para-hydroxylation sites is 1. The highest BCUT2D eigenvalue weighted by atomic mass is 16.5. The molecule has 1 N–H and O–H groups in total. The second kappa shape index (κ2) is 12.6. The zero-order valence-corrected chi connectivity index (χ0v) is 21.7. The topological polar surface area (TPSA) is 99.9 Å². The lowest BCUT2D eigenvalue weighted by atomic mass is 10.0. The van der Waals surface area contributed by atoms with Crippen LogP contribution in [-0.2, 0) is 27.1 Å². The van der Waals surface area contributed by atoms with Gasteiger partial charge in [0, 0.05) is 12.0 Å². The summed E-state index contributed by atoms with van der Waals surface area (Å²) in [6.45, 7) is 4.11. The minimum absolute atomic E-state index is 0.194. The van der Waals surface area contributed by atoms with E-state index in [4.69, 9.17) is 18.7 Å². The predicted octanol–water partition coefficient (Wildman–Crippen LogP) is 6.22. The quantitative estimate of drug-likeness (QED) is 0.251. The first kappa shape index (κ1) is 26.5. The molecule has 0 bridgehead atoms. The number of amides is 1. The molecule has 0 aliphatic carbocycles. The van der Waals surface area contributed by atoms with Crippen LogP contribution in [0.4, 0.5) is 10.5 Å². The molecule has 3 aromatic carbocycles. The molecule has 0 saturated carbocycles. The Hall–Kier alpha value is -4.59. The monoisotopic (exact) mass is 514 g/mol. The van der Waals surface area contributed by atoms with Crippen LogP contribution in [0, 0.1) is 6.92 Å².